The number of nitrogens with two attached hydrogens (primary N) is 1. The summed E-state index contributed by atoms with van der Waals surface area (Å²) in [6, 6.07) is 0. The molecule has 1 aliphatic rings. The Morgan fingerprint density at radius 2 is 1.83 bits per heavy atom. The lowest BCUT2D eigenvalue weighted by atomic mass is 9.82. The van der Waals surface area contributed by atoms with Gasteiger partial charge in [-0.25, -0.2) is 4.98 Å². The van der Waals surface area contributed by atoms with Gasteiger partial charge >= 0.3 is 0 Å². The van der Waals surface area contributed by atoms with Gasteiger partial charge in [-0.3, -0.25) is 0 Å². The highest BCUT2D eigenvalue weighted by Crippen LogP contribution is 2.35. The second-order valence-corrected chi connectivity index (χ2v) is 6.59. The van der Waals surface area contributed by atoms with Crippen molar-refractivity contribution in [2.75, 3.05) is 5.73 Å². The molecule has 4 heteroatoms. The Bertz CT molecular complexity index is 422. The standard InChI is InChI=1S/C14H24N4/c1-9-6-5-7-10(8-9)11-16-12(14(2,3)4)18-13(15)17-11/h9-10H,5-8H2,1-4H3,(H2,15,16,17,18). The Hall–Kier alpha value is -1.19. The zero-order valence-electron chi connectivity index (χ0n) is 11.9. The van der Waals surface area contributed by atoms with Gasteiger partial charge in [0.2, 0.25) is 5.95 Å². The third-order valence-electron chi connectivity index (χ3n) is 3.64. The first-order valence-corrected chi connectivity index (χ1v) is 6.88. The van der Waals surface area contributed by atoms with E-state index < -0.39 is 0 Å². The van der Waals surface area contributed by atoms with Crippen LogP contribution in [0.2, 0.25) is 0 Å². The predicted molar refractivity (Wildman–Crippen MR) is 73.3 cm³/mol. The van der Waals surface area contributed by atoms with Gasteiger partial charge in [0.1, 0.15) is 11.6 Å². The van der Waals surface area contributed by atoms with Crippen LogP contribution in [-0.4, -0.2) is 15.0 Å². The average molecular weight is 248 g/mol. The topological polar surface area (TPSA) is 64.7 Å². The molecule has 4 nitrogen and oxygen atoms in total. The largest absolute Gasteiger partial charge is 0.368 e. The normalized spacial score (nSPS) is 25.1. The van der Waals surface area contributed by atoms with E-state index in [9.17, 15) is 0 Å². The van der Waals surface area contributed by atoms with Crippen molar-refractivity contribution in [1.82, 2.24) is 15.0 Å². The zero-order chi connectivity index (χ0) is 13.3. The summed E-state index contributed by atoms with van der Waals surface area (Å²) in [4.78, 5) is 13.3. The van der Waals surface area contributed by atoms with E-state index in [1.54, 1.807) is 0 Å². The first-order valence-electron chi connectivity index (χ1n) is 6.88. The molecule has 1 heterocycles. The first-order chi connectivity index (χ1) is 8.36. The third-order valence-corrected chi connectivity index (χ3v) is 3.64. The summed E-state index contributed by atoms with van der Waals surface area (Å²) >= 11 is 0. The summed E-state index contributed by atoms with van der Waals surface area (Å²) in [7, 11) is 0. The summed E-state index contributed by atoms with van der Waals surface area (Å²) in [6.07, 6.45) is 4.94. The minimum absolute atomic E-state index is 0.0773. The van der Waals surface area contributed by atoms with Gasteiger partial charge in [-0.15, -0.1) is 0 Å². The smallest absolute Gasteiger partial charge is 0.223 e. The van der Waals surface area contributed by atoms with E-state index in [-0.39, 0.29) is 5.41 Å². The summed E-state index contributed by atoms with van der Waals surface area (Å²) in [5, 5.41) is 0. The lowest BCUT2D eigenvalue weighted by Crippen LogP contribution is -2.22. The van der Waals surface area contributed by atoms with Crippen LogP contribution in [0, 0.1) is 5.92 Å². The maximum absolute atomic E-state index is 5.84. The molecule has 1 aromatic rings. The van der Waals surface area contributed by atoms with E-state index in [2.05, 4.69) is 42.6 Å². The van der Waals surface area contributed by atoms with Crippen molar-refractivity contribution in [3.05, 3.63) is 11.6 Å². The molecule has 0 radical (unpaired) electrons. The van der Waals surface area contributed by atoms with Gasteiger partial charge < -0.3 is 5.73 Å². The molecule has 1 saturated carbocycles. The summed E-state index contributed by atoms with van der Waals surface area (Å²) in [5.74, 6) is 3.30. The fourth-order valence-electron chi connectivity index (χ4n) is 2.60. The van der Waals surface area contributed by atoms with E-state index in [4.69, 9.17) is 5.73 Å². The van der Waals surface area contributed by atoms with Crippen molar-refractivity contribution in [3.8, 4) is 0 Å². The maximum Gasteiger partial charge on any atom is 0.223 e. The van der Waals surface area contributed by atoms with Crippen LogP contribution in [0.5, 0.6) is 0 Å². The zero-order valence-corrected chi connectivity index (χ0v) is 11.9. The minimum atomic E-state index is -0.0773. The molecule has 0 amide bonds. The van der Waals surface area contributed by atoms with Crippen LogP contribution in [0.4, 0.5) is 5.95 Å². The molecule has 1 aliphatic carbocycles. The molecular formula is C14H24N4. The average Bonchev–Trinajstić information content (AvgIpc) is 2.27. The van der Waals surface area contributed by atoms with E-state index in [1.807, 2.05) is 0 Å². The minimum Gasteiger partial charge on any atom is -0.368 e. The molecule has 1 fully saturated rings. The maximum atomic E-state index is 5.84. The number of nitrogen functional groups attached to an aromatic ring is 1. The third kappa shape index (κ3) is 2.98. The lowest BCUT2D eigenvalue weighted by Gasteiger charge is -2.26. The Kier molecular flexibility index (Phi) is 3.55. The van der Waals surface area contributed by atoms with Crippen molar-refractivity contribution < 1.29 is 0 Å². The van der Waals surface area contributed by atoms with Crippen LogP contribution in [0.25, 0.3) is 0 Å². The Labute approximate surface area is 109 Å². The van der Waals surface area contributed by atoms with Crippen molar-refractivity contribution in [3.63, 3.8) is 0 Å². The predicted octanol–water partition coefficient (Wildman–Crippen LogP) is 3.05. The van der Waals surface area contributed by atoms with Crippen LogP contribution in [-0.2, 0) is 5.41 Å². The number of nitrogens with zero attached hydrogens (tertiary/aromatic N) is 3. The van der Waals surface area contributed by atoms with Gasteiger partial charge in [0, 0.05) is 11.3 Å². The Morgan fingerprint density at radius 3 is 2.44 bits per heavy atom. The number of hydrogen-bond acceptors (Lipinski definition) is 4. The van der Waals surface area contributed by atoms with E-state index in [0.29, 0.717) is 11.9 Å². The lowest BCUT2D eigenvalue weighted by molar-refractivity contribution is 0.333. The SMILES string of the molecule is CC1CCCC(c2nc(N)nc(C(C)(C)C)n2)C1. The van der Waals surface area contributed by atoms with Crippen LogP contribution in [0.3, 0.4) is 0 Å². The second kappa shape index (κ2) is 4.82. The molecule has 0 aliphatic heterocycles. The molecule has 1 aromatic heterocycles. The molecule has 0 bridgehead atoms. The Morgan fingerprint density at radius 1 is 1.11 bits per heavy atom. The van der Waals surface area contributed by atoms with Gasteiger partial charge in [0.05, 0.1) is 0 Å². The second-order valence-electron chi connectivity index (χ2n) is 6.59. The number of aromatic nitrogens is 3. The fraction of sp³-hybridized carbons (Fsp3) is 0.786. The Balaban J connectivity index is 2.30. The van der Waals surface area contributed by atoms with Gasteiger partial charge in [0.15, 0.2) is 0 Å². The van der Waals surface area contributed by atoms with E-state index in [1.165, 1.54) is 25.7 Å². The highest BCUT2D eigenvalue weighted by molar-refractivity contribution is 5.20. The highest BCUT2D eigenvalue weighted by atomic mass is 15.1. The van der Waals surface area contributed by atoms with Crippen LogP contribution in [0.1, 0.15) is 70.9 Å². The number of rotatable bonds is 1. The van der Waals surface area contributed by atoms with Crippen molar-refractivity contribution >= 4 is 5.95 Å². The molecule has 0 spiro atoms. The van der Waals surface area contributed by atoms with Gasteiger partial charge in [-0.1, -0.05) is 40.5 Å². The fourth-order valence-corrected chi connectivity index (χ4v) is 2.60. The van der Waals surface area contributed by atoms with Crippen molar-refractivity contribution in [2.24, 2.45) is 5.92 Å². The summed E-state index contributed by atoms with van der Waals surface area (Å²) in [5.41, 5.74) is 5.76. The molecule has 2 rings (SSSR count). The molecule has 2 N–H and O–H groups in total. The highest BCUT2D eigenvalue weighted by Gasteiger charge is 2.26. The molecule has 100 valence electrons. The molecule has 2 atom stereocenters. The quantitative estimate of drug-likeness (QED) is 0.829. The monoisotopic (exact) mass is 248 g/mol. The summed E-state index contributed by atoms with van der Waals surface area (Å²) < 4.78 is 0. The molecule has 0 saturated heterocycles. The van der Waals surface area contributed by atoms with Gasteiger partial charge in [-0.05, 0) is 18.8 Å². The van der Waals surface area contributed by atoms with Crippen molar-refractivity contribution in [1.29, 1.82) is 0 Å². The number of anilines is 1. The van der Waals surface area contributed by atoms with Crippen LogP contribution >= 0.6 is 0 Å². The number of hydrogen-bond donors (Lipinski definition) is 1. The molecule has 2 unspecified atom stereocenters. The van der Waals surface area contributed by atoms with Crippen LogP contribution < -0.4 is 5.73 Å². The summed E-state index contributed by atoms with van der Waals surface area (Å²) in [6.45, 7) is 8.63. The van der Waals surface area contributed by atoms with Gasteiger partial charge in [0.25, 0.3) is 0 Å². The van der Waals surface area contributed by atoms with Crippen molar-refractivity contribution in [2.45, 2.75) is 64.7 Å². The first kappa shape index (κ1) is 13.2. The van der Waals surface area contributed by atoms with Crippen LogP contribution in [0.15, 0.2) is 0 Å². The van der Waals surface area contributed by atoms with Gasteiger partial charge in [-0.2, -0.15) is 9.97 Å². The molecular weight excluding hydrogens is 224 g/mol. The molecule has 0 aromatic carbocycles. The van der Waals surface area contributed by atoms with E-state index >= 15 is 0 Å². The molecule has 18 heavy (non-hydrogen) atoms. The van der Waals surface area contributed by atoms with E-state index in [0.717, 1.165) is 17.6 Å².